The van der Waals surface area contributed by atoms with Gasteiger partial charge in [0.15, 0.2) is 4.73 Å². The van der Waals surface area contributed by atoms with Gasteiger partial charge in [0.25, 0.3) is 0 Å². The monoisotopic (exact) mass is 363 g/mol. The Morgan fingerprint density at radius 3 is 2.91 bits per heavy atom. The number of para-hydroxylation sites is 1. The Morgan fingerprint density at radius 2 is 2.14 bits per heavy atom. The number of imidazole rings is 1. The highest BCUT2D eigenvalue weighted by Gasteiger charge is 2.24. The van der Waals surface area contributed by atoms with Crippen LogP contribution in [0.25, 0.3) is 0 Å². The highest BCUT2D eigenvalue weighted by Crippen LogP contribution is 2.22. The van der Waals surface area contributed by atoms with Crippen LogP contribution in [0.5, 0.6) is 5.75 Å². The summed E-state index contributed by atoms with van der Waals surface area (Å²) in [6.07, 6.45) is 1.20. The van der Waals surface area contributed by atoms with Crippen molar-refractivity contribution < 1.29 is 9.53 Å². The first-order valence-electron chi connectivity index (χ1n) is 7.30. The number of amides is 1. The van der Waals surface area contributed by atoms with Gasteiger partial charge in [0.2, 0.25) is 5.91 Å². The van der Waals surface area contributed by atoms with Crippen molar-refractivity contribution in [2.75, 3.05) is 13.2 Å². The molecule has 0 fully saturated rings. The number of fused-ring (bicyclic) bond motifs is 1. The molecule has 1 aromatic carbocycles. The lowest BCUT2D eigenvalue weighted by Crippen LogP contribution is -2.37. The van der Waals surface area contributed by atoms with Crippen molar-refractivity contribution in [3.05, 3.63) is 46.5 Å². The van der Waals surface area contributed by atoms with Gasteiger partial charge in [-0.05, 0) is 28.1 Å². The van der Waals surface area contributed by atoms with Crippen molar-refractivity contribution in [1.29, 1.82) is 0 Å². The molecule has 0 aliphatic carbocycles. The quantitative estimate of drug-likeness (QED) is 0.838. The predicted molar refractivity (Wildman–Crippen MR) is 86.6 cm³/mol. The minimum absolute atomic E-state index is 0.124. The lowest BCUT2D eigenvalue weighted by Gasteiger charge is -2.27. The molecule has 0 unspecified atom stereocenters. The molecule has 6 heteroatoms. The predicted octanol–water partition coefficient (Wildman–Crippen LogP) is 2.54. The van der Waals surface area contributed by atoms with Crippen LogP contribution in [0.4, 0.5) is 0 Å². The fourth-order valence-electron chi connectivity index (χ4n) is 2.60. The second kappa shape index (κ2) is 6.52. The molecule has 116 valence electrons. The van der Waals surface area contributed by atoms with Gasteiger partial charge < -0.3 is 14.2 Å². The highest BCUT2D eigenvalue weighted by molar-refractivity contribution is 9.10. The van der Waals surface area contributed by atoms with E-state index in [1.165, 1.54) is 0 Å². The second-order valence-corrected chi connectivity index (χ2v) is 6.02. The summed E-state index contributed by atoms with van der Waals surface area (Å²) in [7, 11) is 1.96. The largest absolute Gasteiger partial charge is 0.493 e. The van der Waals surface area contributed by atoms with E-state index in [0.29, 0.717) is 19.6 Å². The van der Waals surface area contributed by atoms with Gasteiger partial charge in [-0.25, -0.2) is 4.98 Å². The smallest absolute Gasteiger partial charge is 0.226 e. The Labute approximate surface area is 138 Å². The fraction of sp³-hybridized carbons (Fsp3) is 0.375. The van der Waals surface area contributed by atoms with Crippen molar-refractivity contribution >= 4 is 21.8 Å². The second-order valence-electron chi connectivity index (χ2n) is 5.31. The molecule has 0 atom stereocenters. The van der Waals surface area contributed by atoms with Crippen molar-refractivity contribution in [2.24, 2.45) is 7.05 Å². The molecule has 3 rings (SSSR count). The molecule has 22 heavy (non-hydrogen) atoms. The third-order valence-electron chi connectivity index (χ3n) is 3.88. The molecule has 1 aliphatic rings. The molecular weight excluding hydrogens is 346 g/mol. The maximum atomic E-state index is 12.3. The molecule has 2 heterocycles. The third kappa shape index (κ3) is 3.16. The van der Waals surface area contributed by atoms with Crippen LogP contribution in [0.2, 0.25) is 0 Å². The van der Waals surface area contributed by atoms with Crippen LogP contribution >= 0.6 is 15.9 Å². The van der Waals surface area contributed by atoms with Crippen LogP contribution in [-0.4, -0.2) is 33.5 Å². The Balaban J connectivity index is 1.54. The number of rotatable bonds is 4. The molecule has 1 aromatic heterocycles. The van der Waals surface area contributed by atoms with Gasteiger partial charge in [-0.2, -0.15) is 0 Å². The number of benzene rings is 1. The average molecular weight is 364 g/mol. The number of halogens is 1. The maximum Gasteiger partial charge on any atom is 0.226 e. The van der Waals surface area contributed by atoms with Crippen molar-refractivity contribution in [3.63, 3.8) is 0 Å². The Bertz CT molecular complexity index is 670. The summed E-state index contributed by atoms with van der Waals surface area (Å²) >= 11 is 3.43. The van der Waals surface area contributed by atoms with Gasteiger partial charge in [-0.3, -0.25) is 4.79 Å². The van der Waals surface area contributed by atoms with E-state index in [2.05, 4.69) is 20.9 Å². The third-order valence-corrected chi connectivity index (χ3v) is 4.59. The van der Waals surface area contributed by atoms with E-state index in [1.54, 1.807) is 0 Å². The van der Waals surface area contributed by atoms with Crippen molar-refractivity contribution in [2.45, 2.75) is 19.4 Å². The van der Waals surface area contributed by atoms with Crippen LogP contribution in [0.3, 0.4) is 0 Å². The van der Waals surface area contributed by atoms with Crippen LogP contribution < -0.4 is 4.74 Å². The summed E-state index contributed by atoms with van der Waals surface area (Å²) in [6, 6.07) is 9.57. The van der Waals surface area contributed by atoms with Crippen LogP contribution in [0, 0.1) is 0 Å². The number of hydrogen-bond acceptors (Lipinski definition) is 3. The average Bonchev–Trinajstić information content (AvgIpc) is 2.83. The topological polar surface area (TPSA) is 47.4 Å². The SMILES string of the molecule is Cn1c(Br)nc2c1CN(C(=O)CCOc1ccccc1)CC2. The molecule has 0 radical (unpaired) electrons. The summed E-state index contributed by atoms with van der Waals surface area (Å²) in [5.41, 5.74) is 2.19. The van der Waals surface area contributed by atoms with Crippen molar-refractivity contribution in [3.8, 4) is 5.75 Å². The van der Waals surface area contributed by atoms with Gasteiger partial charge in [0, 0.05) is 20.0 Å². The molecule has 1 amide bonds. The number of aromatic nitrogens is 2. The maximum absolute atomic E-state index is 12.3. The van der Waals surface area contributed by atoms with E-state index in [9.17, 15) is 4.79 Å². The summed E-state index contributed by atoms with van der Waals surface area (Å²) < 4.78 is 8.41. The molecule has 0 bridgehead atoms. The zero-order valence-electron chi connectivity index (χ0n) is 12.5. The zero-order valence-corrected chi connectivity index (χ0v) is 14.0. The zero-order chi connectivity index (χ0) is 15.5. The molecule has 0 saturated heterocycles. The van der Waals surface area contributed by atoms with Crippen LogP contribution in [0.1, 0.15) is 17.8 Å². The van der Waals surface area contributed by atoms with Gasteiger partial charge in [-0.1, -0.05) is 18.2 Å². The van der Waals surface area contributed by atoms with Gasteiger partial charge in [0.1, 0.15) is 5.75 Å². The van der Waals surface area contributed by atoms with Gasteiger partial charge >= 0.3 is 0 Å². The summed E-state index contributed by atoms with van der Waals surface area (Å²) in [5, 5.41) is 0. The van der Waals surface area contributed by atoms with Crippen LogP contribution in [-0.2, 0) is 24.8 Å². The lowest BCUT2D eigenvalue weighted by molar-refractivity contribution is -0.132. The first kappa shape index (κ1) is 15.1. The van der Waals surface area contributed by atoms with Gasteiger partial charge in [-0.15, -0.1) is 0 Å². The Morgan fingerprint density at radius 1 is 1.36 bits per heavy atom. The summed E-state index contributed by atoms with van der Waals surface area (Å²) in [5.74, 6) is 0.922. The molecule has 0 N–H and O–H groups in total. The van der Waals surface area contributed by atoms with Crippen LogP contribution in [0.15, 0.2) is 35.1 Å². The minimum atomic E-state index is 0.124. The highest BCUT2D eigenvalue weighted by atomic mass is 79.9. The number of carbonyl (C=O) groups is 1. The molecular formula is C16H18BrN3O2. The van der Waals surface area contributed by atoms with E-state index < -0.39 is 0 Å². The summed E-state index contributed by atoms with van der Waals surface area (Å²) in [6.45, 7) is 1.75. The van der Waals surface area contributed by atoms with E-state index in [0.717, 1.165) is 34.8 Å². The first-order chi connectivity index (χ1) is 10.6. The molecule has 2 aromatic rings. The molecule has 0 saturated carbocycles. The number of hydrogen-bond donors (Lipinski definition) is 0. The van der Waals surface area contributed by atoms with E-state index in [1.807, 2.05) is 46.8 Å². The number of nitrogens with zero attached hydrogens (tertiary/aromatic N) is 3. The molecule has 0 spiro atoms. The lowest BCUT2D eigenvalue weighted by atomic mass is 10.1. The van der Waals surface area contributed by atoms with Gasteiger partial charge in [0.05, 0.1) is 31.0 Å². The molecule has 5 nitrogen and oxygen atoms in total. The fourth-order valence-corrected chi connectivity index (χ4v) is 3.03. The summed E-state index contributed by atoms with van der Waals surface area (Å²) in [4.78, 5) is 18.7. The Kier molecular flexibility index (Phi) is 4.47. The minimum Gasteiger partial charge on any atom is -0.493 e. The van der Waals surface area contributed by atoms with E-state index in [4.69, 9.17) is 4.74 Å². The normalized spacial score (nSPS) is 13.8. The van der Waals surface area contributed by atoms with E-state index >= 15 is 0 Å². The Hall–Kier alpha value is -1.82. The van der Waals surface area contributed by atoms with Crippen molar-refractivity contribution in [1.82, 2.24) is 14.5 Å². The van der Waals surface area contributed by atoms with E-state index in [-0.39, 0.29) is 5.91 Å². The molecule has 1 aliphatic heterocycles. The standard InChI is InChI=1S/C16H18BrN3O2/c1-19-14-11-20(9-7-13(14)18-16(19)17)15(21)8-10-22-12-5-3-2-4-6-12/h2-6H,7-11H2,1H3. The number of carbonyl (C=O) groups excluding carboxylic acids is 1. The number of ether oxygens (including phenoxy) is 1. The first-order valence-corrected chi connectivity index (χ1v) is 8.10.